The van der Waals surface area contributed by atoms with E-state index in [1.54, 1.807) is 0 Å². The second-order valence-corrected chi connectivity index (χ2v) is 5.43. The first kappa shape index (κ1) is 11.5. The van der Waals surface area contributed by atoms with E-state index in [0.29, 0.717) is 11.6 Å². The molecule has 2 aliphatic carbocycles. The van der Waals surface area contributed by atoms with Crippen molar-refractivity contribution in [1.82, 2.24) is 15.5 Å². The molecule has 0 atom stereocenters. The zero-order chi connectivity index (χ0) is 12.8. The van der Waals surface area contributed by atoms with E-state index >= 15 is 0 Å². The van der Waals surface area contributed by atoms with Crippen LogP contribution in [0.1, 0.15) is 54.2 Å². The van der Waals surface area contributed by atoms with Gasteiger partial charge in [0.15, 0.2) is 5.69 Å². The number of H-pyrrole nitrogens is 1. The van der Waals surface area contributed by atoms with Crippen molar-refractivity contribution in [2.75, 3.05) is 12.3 Å². The highest BCUT2D eigenvalue weighted by atomic mass is 16.3. The molecule has 0 bridgehead atoms. The number of carbonyl (C=O) groups excluding carboxylic acids is 1. The summed E-state index contributed by atoms with van der Waals surface area (Å²) in [5, 5.41) is 19.4. The van der Waals surface area contributed by atoms with Gasteiger partial charge in [-0.05, 0) is 32.1 Å². The van der Waals surface area contributed by atoms with Crippen LogP contribution in [0.15, 0.2) is 0 Å². The SMILES string of the molecule is Nc1c(C(=O)NCC2(O)CCC2)n[nH]c1C1CC1. The monoisotopic (exact) mass is 250 g/mol. The third-order valence-corrected chi connectivity index (χ3v) is 3.90. The van der Waals surface area contributed by atoms with Crippen molar-refractivity contribution in [2.45, 2.75) is 43.6 Å². The average molecular weight is 250 g/mol. The van der Waals surface area contributed by atoms with Gasteiger partial charge in [-0.25, -0.2) is 0 Å². The van der Waals surface area contributed by atoms with Gasteiger partial charge in [-0.15, -0.1) is 0 Å². The molecule has 0 aromatic carbocycles. The van der Waals surface area contributed by atoms with Gasteiger partial charge in [-0.1, -0.05) is 0 Å². The summed E-state index contributed by atoms with van der Waals surface area (Å²) < 4.78 is 0. The van der Waals surface area contributed by atoms with E-state index in [1.165, 1.54) is 0 Å². The number of nitrogens with two attached hydrogens (primary N) is 1. The molecule has 6 nitrogen and oxygen atoms in total. The molecule has 0 radical (unpaired) electrons. The molecule has 1 heterocycles. The summed E-state index contributed by atoms with van der Waals surface area (Å²) in [4.78, 5) is 11.9. The predicted octanol–water partition coefficient (Wildman–Crippen LogP) is 0.514. The normalized spacial score (nSPS) is 21.4. The maximum atomic E-state index is 11.9. The topological polar surface area (TPSA) is 104 Å². The zero-order valence-corrected chi connectivity index (χ0v) is 10.2. The largest absolute Gasteiger partial charge is 0.395 e. The molecule has 1 aromatic rings. The van der Waals surface area contributed by atoms with E-state index < -0.39 is 5.60 Å². The molecular weight excluding hydrogens is 232 g/mol. The molecule has 18 heavy (non-hydrogen) atoms. The molecule has 1 aromatic heterocycles. The molecule has 2 saturated carbocycles. The highest BCUT2D eigenvalue weighted by Gasteiger charge is 2.35. The Bertz CT molecular complexity index is 474. The molecule has 0 aliphatic heterocycles. The fourth-order valence-corrected chi connectivity index (χ4v) is 2.31. The van der Waals surface area contributed by atoms with E-state index in [-0.39, 0.29) is 18.1 Å². The summed E-state index contributed by atoms with van der Waals surface area (Å²) in [6, 6.07) is 0. The van der Waals surface area contributed by atoms with Crippen LogP contribution in [0.25, 0.3) is 0 Å². The van der Waals surface area contributed by atoms with Gasteiger partial charge >= 0.3 is 0 Å². The van der Waals surface area contributed by atoms with Crippen LogP contribution in [0.5, 0.6) is 0 Å². The third kappa shape index (κ3) is 1.96. The van der Waals surface area contributed by atoms with Gasteiger partial charge < -0.3 is 16.2 Å². The van der Waals surface area contributed by atoms with Crippen LogP contribution in [-0.2, 0) is 0 Å². The fraction of sp³-hybridized carbons (Fsp3) is 0.667. The van der Waals surface area contributed by atoms with Crippen LogP contribution in [-0.4, -0.2) is 33.4 Å². The lowest BCUT2D eigenvalue weighted by Crippen LogP contribution is -2.47. The number of aromatic amines is 1. The van der Waals surface area contributed by atoms with Crippen molar-refractivity contribution in [3.05, 3.63) is 11.4 Å². The Morgan fingerprint density at radius 3 is 2.83 bits per heavy atom. The molecule has 1 amide bonds. The Labute approximate surface area is 105 Å². The van der Waals surface area contributed by atoms with Crippen molar-refractivity contribution in [2.24, 2.45) is 0 Å². The first-order valence-electron chi connectivity index (χ1n) is 6.43. The van der Waals surface area contributed by atoms with E-state index in [4.69, 9.17) is 5.73 Å². The molecule has 2 fully saturated rings. The van der Waals surface area contributed by atoms with Crippen molar-refractivity contribution in [3.63, 3.8) is 0 Å². The van der Waals surface area contributed by atoms with Crippen LogP contribution in [0.2, 0.25) is 0 Å². The molecule has 0 saturated heterocycles. The van der Waals surface area contributed by atoms with Crippen molar-refractivity contribution >= 4 is 11.6 Å². The van der Waals surface area contributed by atoms with Crippen molar-refractivity contribution in [1.29, 1.82) is 0 Å². The molecular formula is C12H18N4O2. The summed E-state index contributed by atoms with van der Waals surface area (Å²) in [6.07, 6.45) is 4.72. The number of nitrogens with one attached hydrogen (secondary N) is 2. The molecule has 0 unspecified atom stereocenters. The Kier molecular flexibility index (Phi) is 2.55. The quantitative estimate of drug-likeness (QED) is 0.625. The van der Waals surface area contributed by atoms with Gasteiger partial charge in [0.25, 0.3) is 5.91 Å². The van der Waals surface area contributed by atoms with Gasteiger partial charge in [0, 0.05) is 12.5 Å². The Balaban J connectivity index is 1.64. The van der Waals surface area contributed by atoms with Gasteiger partial charge in [0.05, 0.1) is 17.0 Å². The highest BCUT2D eigenvalue weighted by molar-refractivity contribution is 5.97. The Morgan fingerprint density at radius 2 is 2.28 bits per heavy atom. The minimum absolute atomic E-state index is 0.250. The summed E-state index contributed by atoms with van der Waals surface area (Å²) in [6.45, 7) is 0.275. The number of aromatic nitrogens is 2. The standard InChI is InChI=1S/C12H18N4O2/c13-8-9(7-2-3-7)15-16-10(8)11(17)14-6-12(18)4-1-5-12/h7,18H,1-6,13H2,(H,14,17)(H,15,16). The van der Waals surface area contributed by atoms with E-state index in [2.05, 4.69) is 15.5 Å². The van der Waals surface area contributed by atoms with Gasteiger partial charge in [0.2, 0.25) is 0 Å². The first-order chi connectivity index (χ1) is 8.59. The van der Waals surface area contributed by atoms with Crippen LogP contribution < -0.4 is 11.1 Å². The number of rotatable bonds is 4. The zero-order valence-electron chi connectivity index (χ0n) is 10.2. The summed E-state index contributed by atoms with van der Waals surface area (Å²) in [5.74, 6) is 0.130. The lowest BCUT2D eigenvalue weighted by Gasteiger charge is -2.36. The molecule has 6 heteroatoms. The Hall–Kier alpha value is -1.56. The summed E-state index contributed by atoms with van der Waals surface area (Å²) >= 11 is 0. The van der Waals surface area contributed by atoms with Crippen LogP contribution in [0, 0.1) is 0 Å². The number of carbonyl (C=O) groups is 1. The number of nitrogen functional groups attached to an aromatic ring is 1. The van der Waals surface area contributed by atoms with Crippen molar-refractivity contribution in [3.8, 4) is 0 Å². The summed E-state index contributed by atoms with van der Waals surface area (Å²) in [5.41, 5.74) is 6.77. The fourth-order valence-electron chi connectivity index (χ4n) is 2.31. The number of hydrogen-bond donors (Lipinski definition) is 4. The lowest BCUT2D eigenvalue weighted by molar-refractivity contribution is -0.0300. The van der Waals surface area contributed by atoms with Gasteiger partial charge in [-0.3, -0.25) is 9.89 Å². The third-order valence-electron chi connectivity index (χ3n) is 3.90. The molecule has 3 rings (SSSR count). The maximum Gasteiger partial charge on any atom is 0.274 e. The highest BCUT2D eigenvalue weighted by Crippen LogP contribution is 2.42. The number of amides is 1. The molecule has 0 spiro atoms. The lowest BCUT2D eigenvalue weighted by atomic mass is 9.80. The van der Waals surface area contributed by atoms with Crippen LogP contribution >= 0.6 is 0 Å². The number of nitrogens with zero attached hydrogens (tertiary/aromatic N) is 1. The number of hydrogen-bond acceptors (Lipinski definition) is 4. The second kappa shape index (κ2) is 3.98. The second-order valence-electron chi connectivity index (χ2n) is 5.43. The van der Waals surface area contributed by atoms with Crippen LogP contribution in [0.4, 0.5) is 5.69 Å². The number of aliphatic hydroxyl groups is 1. The minimum Gasteiger partial charge on any atom is -0.395 e. The number of anilines is 1. The molecule has 2 aliphatic rings. The predicted molar refractivity (Wildman–Crippen MR) is 66.1 cm³/mol. The van der Waals surface area contributed by atoms with Crippen LogP contribution in [0.3, 0.4) is 0 Å². The van der Waals surface area contributed by atoms with E-state index in [0.717, 1.165) is 37.8 Å². The van der Waals surface area contributed by atoms with Gasteiger partial charge in [-0.2, -0.15) is 5.10 Å². The Morgan fingerprint density at radius 1 is 1.56 bits per heavy atom. The smallest absolute Gasteiger partial charge is 0.274 e. The average Bonchev–Trinajstić information content (AvgIpc) is 3.07. The maximum absolute atomic E-state index is 11.9. The van der Waals surface area contributed by atoms with Gasteiger partial charge in [0.1, 0.15) is 0 Å². The minimum atomic E-state index is -0.722. The molecule has 98 valence electrons. The van der Waals surface area contributed by atoms with E-state index in [9.17, 15) is 9.90 Å². The van der Waals surface area contributed by atoms with Crippen molar-refractivity contribution < 1.29 is 9.90 Å². The summed E-state index contributed by atoms with van der Waals surface area (Å²) in [7, 11) is 0. The van der Waals surface area contributed by atoms with E-state index in [1.807, 2.05) is 0 Å². The molecule has 5 N–H and O–H groups in total. The first-order valence-corrected chi connectivity index (χ1v) is 6.43.